The van der Waals surface area contributed by atoms with Gasteiger partial charge in [-0.2, -0.15) is 9.78 Å². The number of fused-ring (bicyclic) bond motifs is 1. The van der Waals surface area contributed by atoms with Crippen LogP contribution in [0, 0.1) is 6.92 Å². The quantitative estimate of drug-likeness (QED) is 0.499. The maximum Gasteiger partial charge on any atom is 0.348 e. The molecule has 3 aromatic rings. The van der Waals surface area contributed by atoms with E-state index >= 15 is 0 Å². The third-order valence-electron chi connectivity index (χ3n) is 4.04. The van der Waals surface area contributed by atoms with Crippen molar-refractivity contribution in [1.82, 2.24) is 9.66 Å². The van der Waals surface area contributed by atoms with Crippen molar-refractivity contribution in [2.45, 2.75) is 13.8 Å². The van der Waals surface area contributed by atoms with Crippen LogP contribution in [-0.4, -0.2) is 42.5 Å². The molecule has 0 N–H and O–H groups in total. The van der Waals surface area contributed by atoms with Crippen molar-refractivity contribution in [3.63, 3.8) is 0 Å². The van der Waals surface area contributed by atoms with Crippen molar-refractivity contribution >= 4 is 39.4 Å². The second-order valence-corrected chi connectivity index (χ2v) is 7.08. The van der Waals surface area contributed by atoms with Gasteiger partial charge in [0.05, 0.1) is 18.2 Å². The maximum atomic E-state index is 12.8. The highest BCUT2D eigenvalue weighted by molar-refractivity contribution is 7.20. The summed E-state index contributed by atoms with van der Waals surface area (Å²) in [5.41, 5.74) is 2.20. The Balaban J connectivity index is 1.96. The zero-order valence-electron chi connectivity index (χ0n) is 15.6. The van der Waals surface area contributed by atoms with E-state index in [1.54, 1.807) is 20.1 Å². The average Bonchev–Trinajstić information content (AvgIpc) is 2.99. The van der Waals surface area contributed by atoms with Gasteiger partial charge in [-0.3, -0.25) is 4.79 Å². The number of anilines is 1. The van der Waals surface area contributed by atoms with E-state index in [1.165, 1.54) is 11.0 Å². The lowest BCUT2D eigenvalue weighted by molar-refractivity contribution is 0.0531. The van der Waals surface area contributed by atoms with Gasteiger partial charge in [0.2, 0.25) is 0 Å². The van der Waals surface area contributed by atoms with Gasteiger partial charge in [0, 0.05) is 19.8 Å². The molecule has 0 spiro atoms. The Morgan fingerprint density at radius 1 is 1.33 bits per heavy atom. The van der Waals surface area contributed by atoms with Gasteiger partial charge >= 0.3 is 5.97 Å². The van der Waals surface area contributed by atoms with Crippen molar-refractivity contribution < 1.29 is 9.53 Å². The standard InChI is InChI=1S/C19H20N4O3S/c1-5-26-19(25)16-12(2)15-17(27-16)20-11-23(18(15)24)21-10-13-6-8-14(9-7-13)22(3)4/h6-11H,5H2,1-4H3/b21-10-. The number of rotatable bonds is 5. The molecule has 0 radical (unpaired) electrons. The summed E-state index contributed by atoms with van der Waals surface area (Å²) in [7, 11) is 3.94. The number of thiophene rings is 1. The molecule has 2 heterocycles. The lowest BCUT2D eigenvalue weighted by atomic mass is 10.2. The molecule has 0 fully saturated rings. The monoisotopic (exact) mass is 384 g/mol. The number of carbonyl (C=O) groups is 1. The number of hydrogen-bond acceptors (Lipinski definition) is 7. The summed E-state index contributed by atoms with van der Waals surface area (Å²) in [6.45, 7) is 3.74. The zero-order chi connectivity index (χ0) is 19.6. The van der Waals surface area contributed by atoms with Crippen LogP contribution in [0.2, 0.25) is 0 Å². The fraction of sp³-hybridized carbons (Fsp3) is 0.263. The Bertz CT molecular complexity index is 1060. The first kappa shape index (κ1) is 18.8. The highest BCUT2D eigenvalue weighted by atomic mass is 32.1. The Hall–Kier alpha value is -3.00. The van der Waals surface area contributed by atoms with Crippen LogP contribution in [0.3, 0.4) is 0 Å². The van der Waals surface area contributed by atoms with Crippen molar-refractivity contribution in [2.75, 3.05) is 25.6 Å². The van der Waals surface area contributed by atoms with Gasteiger partial charge in [-0.15, -0.1) is 11.3 Å². The number of esters is 1. The van der Waals surface area contributed by atoms with Gasteiger partial charge in [-0.25, -0.2) is 9.78 Å². The molecule has 140 valence electrons. The largest absolute Gasteiger partial charge is 0.462 e. The molecule has 0 bridgehead atoms. The van der Waals surface area contributed by atoms with Gasteiger partial charge in [-0.1, -0.05) is 12.1 Å². The van der Waals surface area contributed by atoms with Crippen molar-refractivity contribution in [2.24, 2.45) is 5.10 Å². The number of aromatic nitrogens is 2. The van der Waals surface area contributed by atoms with Crippen LogP contribution in [0.5, 0.6) is 0 Å². The second kappa shape index (κ2) is 7.71. The Labute approximate surface area is 160 Å². The molecule has 0 unspecified atom stereocenters. The van der Waals surface area contributed by atoms with Gasteiger partial charge in [-0.05, 0) is 37.1 Å². The molecule has 2 aromatic heterocycles. The lowest BCUT2D eigenvalue weighted by Gasteiger charge is -2.11. The number of benzene rings is 1. The van der Waals surface area contributed by atoms with E-state index in [4.69, 9.17) is 4.74 Å². The molecule has 27 heavy (non-hydrogen) atoms. The normalized spacial score (nSPS) is 11.3. The number of hydrogen-bond donors (Lipinski definition) is 0. The molecule has 1 aromatic carbocycles. The van der Waals surface area contributed by atoms with E-state index in [2.05, 4.69) is 10.1 Å². The summed E-state index contributed by atoms with van der Waals surface area (Å²) in [6.07, 6.45) is 2.96. The lowest BCUT2D eigenvalue weighted by Crippen LogP contribution is -2.17. The molecule has 0 saturated carbocycles. The molecule has 3 rings (SSSR count). The molecular weight excluding hydrogens is 364 g/mol. The van der Waals surface area contributed by atoms with E-state index in [0.717, 1.165) is 22.6 Å². The molecule has 0 aliphatic carbocycles. The highest BCUT2D eigenvalue weighted by Crippen LogP contribution is 2.27. The first-order valence-corrected chi connectivity index (χ1v) is 9.23. The van der Waals surface area contributed by atoms with Crippen LogP contribution in [-0.2, 0) is 4.74 Å². The van der Waals surface area contributed by atoms with Gasteiger partial charge in [0.25, 0.3) is 5.56 Å². The molecule has 7 nitrogen and oxygen atoms in total. The zero-order valence-corrected chi connectivity index (χ0v) is 16.4. The van der Waals surface area contributed by atoms with E-state index < -0.39 is 5.97 Å². The van der Waals surface area contributed by atoms with Gasteiger partial charge in [0.15, 0.2) is 0 Å². The number of nitrogens with zero attached hydrogens (tertiary/aromatic N) is 4. The molecule has 0 aliphatic heterocycles. The van der Waals surface area contributed by atoms with E-state index in [1.807, 2.05) is 43.3 Å². The third kappa shape index (κ3) is 3.75. The summed E-state index contributed by atoms with van der Waals surface area (Å²) in [5, 5.41) is 4.62. The average molecular weight is 384 g/mol. The number of ether oxygens (including phenoxy) is 1. The van der Waals surface area contributed by atoms with E-state index in [-0.39, 0.29) is 12.2 Å². The Morgan fingerprint density at radius 3 is 2.67 bits per heavy atom. The van der Waals surface area contributed by atoms with Crippen LogP contribution in [0.1, 0.15) is 27.7 Å². The number of aryl methyl sites for hydroxylation is 1. The molecular formula is C19H20N4O3S. The van der Waals surface area contributed by atoms with Crippen molar-refractivity contribution in [3.05, 3.63) is 57.0 Å². The molecule has 8 heteroatoms. The van der Waals surface area contributed by atoms with Crippen molar-refractivity contribution in [1.29, 1.82) is 0 Å². The maximum absolute atomic E-state index is 12.8. The Morgan fingerprint density at radius 2 is 2.04 bits per heavy atom. The van der Waals surface area contributed by atoms with Crippen LogP contribution >= 0.6 is 11.3 Å². The molecule has 0 saturated heterocycles. The SMILES string of the molecule is CCOC(=O)c1sc2ncn(/N=C\c3ccc(N(C)C)cc3)c(=O)c2c1C. The summed E-state index contributed by atoms with van der Waals surface area (Å²) in [5.74, 6) is -0.437. The minimum atomic E-state index is -0.437. The van der Waals surface area contributed by atoms with Gasteiger partial charge < -0.3 is 9.64 Å². The third-order valence-corrected chi connectivity index (χ3v) is 5.22. The molecule has 0 atom stereocenters. The first-order valence-electron chi connectivity index (χ1n) is 8.42. The molecule has 0 aliphatic rings. The predicted octanol–water partition coefficient (Wildman–Crippen LogP) is 2.89. The minimum Gasteiger partial charge on any atom is -0.462 e. The highest BCUT2D eigenvalue weighted by Gasteiger charge is 2.20. The minimum absolute atomic E-state index is 0.279. The predicted molar refractivity (Wildman–Crippen MR) is 108 cm³/mol. The fourth-order valence-corrected chi connectivity index (χ4v) is 3.61. The smallest absolute Gasteiger partial charge is 0.348 e. The Kier molecular flexibility index (Phi) is 5.36. The fourth-order valence-electron chi connectivity index (χ4n) is 2.58. The first-order chi connectivity index (χ1) is 12.9. The van der Waals surface area contributed by atoms with Crippen molar-refractivity contribution in [3.8, 4) is 0 Å². The topological polar surface area (TPSA) is 76.8 Å². The molecule has 0 amide bonds. The van der Waals surface area contributed by atoms with Crippen LogP contribution in [0.25, 0.3) is 10.2 Å². The second-order valence-electron chi connectivity index (χ2n) is 6.08. The van der Waals surface area contributed by atoms with E-state index in [9.17, 15) is 9.59 Å². The van der Waals surface area contributed by atoms with Crippen LogP contribution in [0.15, 0.2) is 40.5 Å². The number of carbonyl (C=O) groups excluding carboxylic acids is 1. The summed E-state index contributed by atoms with van der Waals surface area (Å²) < 4.78 is 6.22. The summed E-state index contributed by atoms with van der Waals surface area (Å²) in [4.78, 5) is 32.0. The van der Waals surface area contributed by atoms with E-state index in [0.29, 0.717) is 20.7 Å². The van der Waals surface area contributed by atoms with Crippen LogP contribution in [0.4, 0.5) is 5.69 Å². The van der Waals surface area contributed by atoms with Gasteiger partial charge in [0.1, 0.15) is 16.0 Å². The summed E-state index contributed by atoms with van der Waals surface area (Å²) in [6, 6.07) is 7.79. The van der Waals surface area contributed by atoms with Crippen LogP contribution < -0.4 is 10.5 Å². The summed E-state index contributed by atoms with van der Waals surface area (Å²) >= 11 is 1.16.